The molecule has 3 N–H and O–H groups in total. The van der Waals surface area contributed by atoms with E-state index in [2.05, 4.69) is 11.5 Å². The molecule has 0 unspecified atom stereocenters. The number of nitrogens with two attached hydrogens (primary N) is 1. The largest absolute Gasteiger partial charge is 0.394 e. The highest BCUT2D eigenvalue weighted by Crippen LogP contribution is 2.34. The van der Waals surface area contributed by atoms with Crippen molar-refractivity contribution in [1.29, 1.82) is 0 Å². The summed E-state index contributed by atoms with van der Waals surface area (Å²) >= 11 is 12.4. The third kappa shape index (κ3) is 4.38. The monoisotopic (exact) mass is 442 g/mol. The summed E-state index contributed by atoms with van der Waals surface area (Å²) in [6.07, 6.45) is 3.89. The van der Waals surface area contributed by atoms with E-state index in [0.717, 1.165) is 48.2 Å². The third-order valence-corrected chi connectivity index (χ3v) is 6.03. The Morgan fingerprint density at radius 1 is 1.10 bits per heavy atom. The number of hydrogen-bond donors (Lipinski definition) is 2. The number of nitrogens with zero attached hydrogens (tertiary/aromatic N) is 2. The van der Waals surface area contributed by atoms with Crippen molar-refractivity contribution in [2.75, 3.05) is 13.1 Å². The fourth-order valence-electron chi connectivity index (χ4n) is 3.93. The van der Waals surface area contributed by atoms with Crippen LogP contribution in [-0.2, 0) is 11.2 Å². The van der Waals surface area contributed by atoms with Crippen LogP contribution in [-0.4, -0.2) is 29.7 Å². The van der Waals surface area contributed by atoms with Crippen molar-refractivity contribution in [3.05, 3.63) is 74.4 Å². The van der Waals surface area contributed by atoms with Crippen molar-refractivity contribution >= 4 is 40.5 Å². The van der Waals surface area contributed by atoms with Crippen LogP contribution in [0.2, 0.25) is 10.0 Å². The summed E-state index contributed by atoms with van der Waals surface area (Å²) in [5, 5.41) is 2.94. The first kappa shape index (κ1) is 20.9. The second kappa shape index (κ2) is 8.80. The van der Waals surface area contributed by atoms with Gasteiger partial charge in [-0.1, -0.05) is 53.4 Å². The van der Waals surface area contributed by atoms with Gasteiger partial charge >= 0.3 is 0 Å². The number of amides is 1. The molecule has 0 radical (unpaired) electrons. The lowest BCUT2D eigenvalue weighted by atomic mass is 10.1. The number of hydrazine groups is 1. The van der Waals surface area contributed by atoms with E-state index in [-0.39, 0.29) is 11.6 Å². The Morgan fingerprint density at radius 3 is 2.60 bits per heavy atom. The average Bonchev–Trinajstić information content (AvgIpc) is 3.07. The summed E-state index contributed by atoms with van der Waals surface area (Å²) in [6, 6.07) is 11.3. The van der Waals surface area contributed by atoms with E-state index in [1.54, 1.807) is 18.2 Å². The van der Waals surface area contributed by atoms with E-state index < -0.39 is 0 Å². The number of halogens is 2. The molecule has 7 heteroatoms. The summed E-state index contributed by atoms with van der Waals surface area (Å²) in [7, 11) is 0. The maximum Gasteiger partial charge on any atom is 0.281 e. The molecule has 0 saturated carbocycles. The number of fused-ring (bicyclic) bond motifs is 1. The Morgan fingerprint density at radius 2 is 1.87 bits per heavy atom. The van der Waals surface area contributed by atoms with Crippen LogP contribution < -0.4 is 11.2 Å². The lowest BCUT2D eigenvalue weighted by Gasteiger charge is -2.27. The van der Waals surface area contributed by atoms with Crippen molar-refractivity contribution in [2.45, 2.75) is 32.6 Å². The number of aryl methyl sites for hydroxylation is 1. The quantitative estimate of drug-likeness (QED) is 0.676. The van der Waals surface area contributed by atoms with E-state index in [0.29, 0.717) is 27.9 Å². The first-order valence-electron chi connectivity index (χ1n) is 10.1. The van der Waals surface area contributed by atoms with Gasteiger partial charge in [0, 0.05) is 35.7 Å². The summed E-state index contributed by atoms with van der Waals surface area (Å²) in [5.41, 5.74) is 14.7. The molecule has 0 aromatic heterocycles. The maximum atomic E-state index is 12.9. The lowest BCUT2D eigenvalue weighted by molar-refractivity contribution is -0.122. The SMILES string of the molecule is Cc1ccc2c(c1)CC(=C(N)C(=O)NN1CCCCC1)C2=Nc1ccc(Cl)cc1Cl. The van der Waals surface area contributed by atoms with Gasteiger partial charge in [-0.2, -0.15) is 0 Å². The van der Waals surface area contributed by atoms with Gasteiger partial charge in [0.25, 0.3) is 5.91 Å². The number of carbonyl (C=O) groups excluding carboxylic acids is 1. The Balaban J connectivity index is 1.74. The van der Waals surface area contributed by atoms with E-state index >= 15 is 0 Å². The molecule has 5 nitrogen and oxygen atoms in total. The second-order valence-electron chi connectivity index (χ2n) is 7.77. The number of aliphatic imine (C=N–C) groups is 1. The van der Waals surface area contributed by atoms with Gasteiger partial charge in [0.1, 0.15) is 5.70 Å². The zero-order valence-corrected chi connectivity index (χ0v) is 18.4. The molecule has 1 aliphatic heterocycles. The molecular formula is C23H24Cl2N4O. The van der Waals surface area contributed by atoms with Gasteiger partial charge in [-0.15, -0.1) is 0 Å². The second-order valence-corrected chi connectivity index (χ2v) is 8.62. The molecule has 1 aliphatic carbocycles. The minimum atomic E-state index is -0.286. The van der Waals surface area contributed by atoms with Gasteiger partial charge in [-0.05, 0) is 43.5 Å². The Kier molecular flexibility index (Phi) is 6.14. The summed E-state index contributed by atoms with van der Waals surface area (Å²) in [5.74, 6) is -0.286. The number of piperidine rings is 1. The van der Waals surface area contributed by atoms with Crippen LogP contribution in [0.1, 0.15) is 36.0 Å². The molecule has 0 bridgehead atoms. The maximum absolute atomic E-state index is 12.9. The highest BCUT2D eigenvalue weighted by molar-refractivity contribution is 6.36. The van der Waals surface area contributed by atoms with Crippen molar-refractivity contribution in [3.63, 3.8) is 0 Å². The Labute approximate surface area is 186 Å². The summed E-state index contributed by atoms with van der Waals surface area (Å²) in [6.45, 7) is 3.73. The minimum absolute atomic E-state index is 0.193. The van der Waals surface area contributed by atoms with Crippen LogP contribution in [0.15, 0.2) is 52.7 Å². The molecule has 30 heavy (non-hydrogen) atoms. The van der Waals surface area contributed by atoms with E-state index in [1.165, 1.54) is 6.42 Å². The van der Waals surface area contributed by atoms with E-state index in [4.69, 9.17) is 33.9 Å². The van der Waals surface area contributed by atoms with Gasteiger partial charge < -0.3 is 5.73 Å². The van der Waals surface area contributed by atoms with Crippen LogP contribution >= 0.6 is 23.2 Å². The number of rotatable bonds is 3. The zero-order chi connectivity index (χ0) is 21.3. The Bertz CT molecular complexity index is 1060. The number of hydrogen-bond acceptors (Lipinski definition) is 4. The van der Waals surface area contributed by atoms with Gasteiger partial charge in [0.15, 0.2) is 0 Å². The molecule has 156 valence electrons. The fraction of sp³-hybridized carbons (Fsp3) is 0.304. The summed E-state index contributed by atoms with van der Waals surface area (Å²) in [4.78, 5) is 17.7. The zero-order valence-electron chi connectivity index (χ0n) is 16.8. The minimum Gasteiger partial charge on any atom is -0.394 e. The molecule has 2 aliphatic rings. The first-order valence-corrected chi connectivity index (χ1v) is 10.9. The van der Waals surface area contributed by atoms with Crippen LogP contribution in [0.5, 0.6) is 0 Å². The third-order valence-electron chi connectivity index (χ3n) is 5.50. The lowest BCUT2D eigenvalue weighted by Crippen LogP contribution is -2.47. The van der Waals surface area contributed by atoms with Gasteiger partial charge in [0.05, 0.1) is 16.4 Å². The normalized spacial score (nSPS) is 19.6. The van der Waals surface area contributed by atoms with Gasteiger partial charge in [-0.3, -0.25) is 10.2 Å². The topological polar surface area (TPSA) is 70.7 Å². The van der Waals surface area contributed by atoms with Crippen LogP contribution in [0.25, 0.3) is 0 Å². The number of allylic oxidation sites excluding steroid dienone is 1. The predicted octanol–water partition coefficient (Wildman–Crippen LogP) is 4.71. The van der Waals surface area contributed by atoms with Gasteiger partial charge in [0.2, 0.25) is 0 Å². The number of carbonyl (C=O) groups is 1. The van der Waals surface area contributed by atoms with Crippen molar-refractivity contribution in [3.8, 4) is 0 Å². The van der Waals surface area contributed by atoms with Crippen molar-refractivity contribution < 1.29 is 4.79 Å². The molecule has 1 fully saturated rings. The predicted molar refractivity (Wildman–Crippen MR) is 122 cm³/mol. The van der Waals surface area contributed by atoms with E-state index in [1.807, 2.05) is 24.1 Å². The van der Waals surface area contributed by atoms with Crippen molar-refractivity contribution in [1.82, 2.24) is 10.4 Å². The van der Waals surface area contributed by atoms with Crippen LogP contribution in [0, 0.1) is 6.92 Å². The summed E-state index contributed by atoms with van der Waals surface area (Å²) < 4.78 is 0. The highest BCUT2D eigenvalue weighted by atomic mass is 35.5. The molecular weight excluding hydrogens is 419 g/mol. The molecule has 2 aromatic carbocycles. The Hall–Kier alpha value is -2.34. The first-order chi connectivity index (χ1) is 14.4. The number of nitrogens with one attached hydrogen (secondary N) is 1. The van der Waals surface area contributed by atoms with Gasteiger partial charge in [-0.25, -0.2) is 10.0 Å². The molecule has 0 spiro atoms. The van der Waals surface area contributed by atoms with E-state index in [9.17, 15) is 4.79 Å². The smallest absolute Gasteiger partial charge is 0.281 e. The van der Waals surface area contributed by atoms with Crippen molar-refractivity contribution in [2.24, 2.45) is 10.7 Å². The number of benzene rings is 2. The fourth-order valence-corrected chi connectivity index (χ4v) is 4.38. The molecule has 1 saturated heterocycles. The van der Waals surface area contributed by atoms with Crippen LogP contribution in [0.3, 0.4) is 0 Å². The molecule has 1 amide bonds. The molecule has 0 atom stereocenters. The standard InChI is InChI=1S/C23H24Cl2N4O/c1-14-5-7-17-15(11-14)12-18(21(26)23(30)28-29-9-3-2-4-10-29)22(17)27-20-8-6-16(24)13-19(20)25/h5-8,11,13H,2-4,9-10,12,26H2,1H3,(H,28,30). The molecule has 2 aromatic rings. The average molecular weight is 443 g/mol. The molecule has 4 rings (SSSR count). The highest BCUT2D eigenvalue weighted by Gasteiger charge is 2.28. The van der Waals surface area contributed by atoms with Crippen LogP contribution in [0.4, 0.5) is 5.69 Å². The molecule has 1 heterocycles.